The van der Waals surface area contributed by atoms with Crippen molar-refractivity contribution in [2.75, 3.05) is 13.6 Å². The molecule has 1 fully saturated rings. The zero-order valence-electron chi connectivity index (χ0n) is 15.9. The molecule has 27 heavy (non-hydrogen) atoms. The van der Waals surface area contributed by atoms with Gasteiger partial charge in [0.15, 0.2) is 11.8 Å². The summed E-state index contributed by atoms with van der Waals surface area (Å²) in [6.45, 7) is 2.60. The van der Waals surface area contributed by atoms with Crippen LogP contribution in [0, 0.1) is 0 Å². The molecule has 0 unspecified atom stereocenters. The van der Waals surface area contributed by atoms with Gasteiger partial charge in [-0.15, -0.1) is 34.2 Å². The van der Waals surface area contributed by atoms with Crippen LogP contribution in [0.1, 0.15) is 49.3 Å². The molecule has 2 aliphatic rings. The van der Waals surface area contributed by atoms with E-state index in [2.05, 4.69) is 60.7 Å². The predicted octanol–water partition coefficient (Wildman–Crippen LogP) is 3.02. The van der Waals surface area contributed by atoms with Crippen molar-refractivity contribution >= 4 is 29.9 Å². The Morgan fingerprint density at radius 2 is 1.93 bits per heavy atom. The molecule has 1 aromatic carbocycles. The Morgan fingerprint density at radius 3 is 2.63 bits per heavy atom. The van der Waals surface area contributed by atoms with E-state index in [0.29, 0.717) is 6.54 Å². The van der Waals surface area contributed by atoms with Crippen molar-refractivity contribution < 1.29 is 0 Å². The summed E-state index contributed by atoms with van der Waals surface area (Å²) in [5.41, 5.74) is 1.67. The van der Waals surface area contributed by atoms with Crippen LogP contribution in [0.3, 0.4) is 0 Å². The van der Waals surface area contributed by atoms with Gasteiger partial charge >= 0.3 is 0 Å². The third kappa shape index (κ3) is 4.28. The molecule has 1 saturated carbocycles. The summed E-state index contributed by atoms with van der Waals surface area (Å²) in [6, 6.07) is 10.9. The molecule has 1 aliphatic heterocycles. The van der Waals surface area contributed by atoms with Crippen molar-refractivity contribution in [2.45, 2.75) is 57.0 Å². The second kappa shape index (κ2) is 9.03. The van der Waals surface area contributed by atoms with Gasteiger partial charge in [0.1, 0.15) is 5.82 Å². The standard InChI is InChI=1S/C20H28N6.HI/c1-21-19(22-14-18-25-24-17-10-5-6-13-26(17)18)23-15-20(11-7-12-20)16-8-3-2-4-9-16;/h2-4,8-9H,5-7,10-15H2,1H3,(H2,21,22,23);1H. The van der Waals surface area contributed by atoms with Gasteiger partial charge in [0.25, 0.3) is 0 Å². The minimum atomic E-state index is 0. The molecule has 0 amide bonds. The number of aryl methyl sites for hydroxylation is 1. The summed E-state index contributed by atoms with van der Waals surface area (Å²) in [7, 11) is 1.82. The highest BCUT2D eigenvalue weighted by molar-refractivity contribution is 14.0. The van der Waals surface area contributed by atoms with E-state index in [-0.39, 0.29) is 29.4 Å². The zero-order chi connectivity index (χ0) is 17.8. The summed E-state index contributed by atoms with van der Waals surface area (Å²) in [5, 5.41) is 15.6. The fourth-order valence-electron chi connectivity index (χ4n) is 4.10. The Bertz CT molecular complexity index is 766. The van der Waals surface area contributed by atoms with E-state index in [1.807, 2.05) is 7.05 Å². The Morgan fingerprint density at radius 1 is 1.11 bits per heavy atom. The highest BCUT2D eigenvalue weighted by atomic mass is 127. The number of hydrogen-bond donors (Lipinski definition) is 2. The molecule has 2 heterocycles. The number of hydrogen-bond acceptors (Lipinski definition) is 3. The van der Waals surface area contributed by atoms with Crippen LogP contribution in [0.5, 0.6) is 0 Å². The lowest BCUT2D eigenvalue weighted by atomic mass is 9.64. The van der Waals surface area contributed by atoms with Gasteiger partial charge in [-0.25, -0.2) is 0 Å². The van der Waals surface area contributed by atoms with Crippen LogP contribution in [0.25, 0.3) is 0 Å². The number of aliphatic imine (C=N–C) groups is 1. The molecule has 0 radical (unpaired) electrons. The Kier molecular flexibility index (Phi) is 6.73. The maximum Gasteiger partial charge on any atom is 0.191 e. The summed E-state index contributed by atoms with van der Waals surface area (Å²) in [6.07, 6.45) is 7.24. The highest BCUT2D eigenvalue weighted by Gasteiger charge is 2.38. The van der Waals surface area contributed by atoms with E-state index < -0.39 is 0 Å². The second-order valence-corrected chi connectivity index (χ2v) is 7.42. The van der Waals surface area contributed by atoms with Gasteiger partial charge in [-0.1, -0.05) is 36.8 Å². The molecule has 1 aromatic heterocycles. The molecule has 146 valence electrons. The van der Waals surface area contributed by atoms with E-state index in [1.54, 1.807) is 0 Å². The summed E-state index contributed by atoms with van der Waals surface area (Å²) in [5.74, 6) is 2.96. The maximum absolute atomic E-state index is 4.39. The number of nitrogens with one attached hydrogen (secondary N) is 2. The lowest BCUT2D eigenvalue weighted by Crippen LogP contribution is -2.48. The average molecular weight is 480 g/mol. The zero-order valence-corrected chi connectivity index (χ0v) is 18.3. The molecule has 2 N–H and O–H groups in total. The number of nitrogens with zero attached hydrogens (tertiary/aromatic N) is 4. The number of halogens is 1. The van der Waals surface area contributed by atoms with Crippen LogP contribution in [0.4, 0.5) is 0 Å². The summed E-state index contributed by atoms with van der Waals surface area (Å²) < 4.78 is 2.25. The quantitative estimate of drug-likeness (QED) is 0.393. The molecular formula is C20H29IN6. The lowest BCUT2D eigenvalue weighted by Gasteiger charge is -2.43. The number of benzene rings is 1. The number of fused-ring (bicyclic) bond motifs is 1. The largest absolute Gasteiger partial charge is 0.356 e. The first-order valence-electron chi connectivity index (χ1n) is 9.72. The van der Waals surface area contributed by atoms with E-state index in [0.717, 1.165) is 37.1 Å². The first-order chi connectivity index (χ1) is 12.8. The van der Waals surface area contributed by atoms with Crippen molar-refractivity contribution in [1.82, 2.24) is 25.4 Å². The van der Waals surface area contributed by atoms with Crippen LogP contribution in [0.2, 0.25) is 0 Å². The van der Waals surface area contributed by atoms with Crippen LogP contribution >= 0.6 is 24.0 Å². The fourth-order valence-corrected chi connectivity index (χ4v) is 4.10. The van der Waals surface area contributed by atoms with Crippen molar-refractivity contribution in [3.8, 4) is 0 Å². The van der Waals surface area contributed by atoms with E-state index >= 15 is 0 Å². The molecule has 0 atom stereocenters. The van der Waals surface area contributed by atoms with Gasteiger partial charge in [-0.05, 0) is 31.2 Å². The normalized spacial score (nSPS) is 18.0. The van der Waals surface area contributed by atoms with Gasteiger partial charge in [-0.3, -0.25) is 4.99 Å². The number of rotatable bonds is 5. The number of guanidine groups is 1. The van der Waals surface area contributed by atoms with Gasteiger partial charge in [0.05, 0.1) is 6.54 Å². The Balaban J connectivity index is 0.00000210. The molecule has 1 aliphatic carbocycles. The smallest absolute Gasteiger partial charge is 0.191 e. The first-order valence-corrected chi connectivity index (χ1v) is 9.72. The third-order valence-electron chi connectivity index (χ3n) is 5.86. The van der Waals surface area contributed by atoms with E-state index in [1.165, 1.54) is 37.7 Å². The van der Waals surface area contributed by atoms with Gasteiger partial charge in [0.2, 0.25) is 0 Å². The molecule has 0 saturated heterocycles. The van der Waals surface area contributed by atoms with Gasteiger partial charge < -0.3 is 15.2 Å². The summed E-state index contributed by atoms with van der Waals surface area (Å²) in [4.78, 5) is 4.39. The Hall–Kier alpha value is -1.64. The topological polar surface area (TPSA) is 67.1 Å². The van der Waals surface area contributed by atoms with Crippen LogP contribution in [0.15, 0.2) is 35.3 Å². The molecule has 2 aromatic rings. The molecule has 6 nitrogen and oxygen atoms in total. The highest BCUT2D eigenvalue weighted by Crippen LogP contribution is 2.43. The maximum atomic E-state index is 4.39. The lowest BCUT2D eigenvalue weighted by molar-refractivity contribution is 0.244. The van der Waals surface area contributed by atoms with Crippen molar-refractivity contribution in [1.29, 1.82) is 0 Å². The van der Waals surface area contributed by atoms with Crippen molar-refractivity contribution in [3.05, 3.63) is 47.5 Å². The Labute approximate surface area is 178 Å². The second-order valence-electron chi connectivity index (χ2n) is 7.42. The SMILES string of the molecule is CN=C(NCc1nnc2n1CCCC2)NCC1(c2ccccc2)CCC1.I. The minimum absolute atomic E-state index is 0. The first kappa shape index (κ1) is 20.1. The van der Waals surface area contributed by atoms with Crippen molar-refractivity contribution in [3.63, 3.8) is 0 Å². The predicted molar refractivity (Wildman–Crippen MR) is 119 cm³/mol. The van der Waals surface area contributed by atoms with E-state index in [9.17, 15) is 0 Å². The average Bonchev–Trinajstić information content (AvgIpc) is 3.07. The molecular weight excluding hydrogens is 451 g/mol. The molecule has 0 spiro atoms. The third-order valence-corrected chi connectivity index (χ3v) is 5.86. The van der Waals surface area contributed by atoms with Crippen LogP contribution in [-0.4, -0.2) is 34.3 Å². The minimum Gasteiger partial charge on any atom is -0.356 e. The molecule has 7 heteroatoms. The molecule has 4 rings (SSSR count). The summed E-state index contributed by atoms with van der Waals surface area (Å²) >= 11 is 0. The van der Waals surface area contributed by atoms with Crippen molar-refractivity contribution in [2.24, 2.45) is 4.99 Å². The van der Waals surface area contributed by atoms with Crippen LogP contribution in [-0.2, 0) is 24.9 Å². The van der Waals surface area contributed by atoms with Gasteiger partial charge in [-0.2, -0.15) is 0 Å². The van der Waals surface area contributed by atoms with Gasteiger partial charge in [0, 0.05) is 32.0 Å². The number of aromatic nitrogens is 3. The monoisotopic (exact) mass is 480 g/mol. The fraction of sp³-hybridized carbons (Fsp3) is 0.550. The molecule has 0 bridgehead atoms. The van der Waals surface area contributed by atoms with Crippen LogP contribution < -0.4 is 10.6 Å². The van der Waals surface area contributed by atoms with E-state index in [4.69, 9.17) is 0 Å².